The fourth-order valence-corrected chi connectivity index (χ4v) is 3.93. The van der Waals surface area contributed by atoms with E-state index in [9.17, 15) is 0 Å². The molecule has 0 N–H and O–H groups in total. The Hall–Kier alpha value is -1.53. The maximum Gasteiger partial charge on any atom is -0.00217 e. The van der Waals surface area contributed by atoms with Crippen molar-refractivity contribution in [1.82, 2.24) is 0 Å². The van der Waals surface area contributed by atoms with E-state index in [-0.39, 0.29) is 32.2 Å². The van der Waals surface area contributed by atoms with Gasteiger partial charge in [-0.15, -0.1) is 11.1 Å². The average Bonchev–Trinajstić information content (AvgIpc) is 3.36. The summed E-state index contributed by atoms with van der Waals surface area (Å²) < 4.78 is 2.17. The van der Waals surface area contributed by atoms with E-state index in [0.29, 0.717) is 5.92 Å². The van der Waals surface area contributed by atoms with Crippen LogP contribution in [0.1, 0.15) is 28.2 Å². The average molecular weight is 497 g/mol. The Morgan fingerprint density at radius 3 is 2.10 bits per heavy atom. The topological polar surface area (TPSA) is 0 Å². The monoisotopic (exact) mass is 494 g/mol. The van der Waals surface area contributed by atoms with Crippen molar-refractivity contribution in [3.63, 3.8) is 0 Å². The van der Waals surface area contributed by atoms with Crippen LogP contribution in [-0.4, -0.2) is 3.71 Å². The van der Waals surface area contributed by atoms with E-state index in [1.165, 1.54) is 57.6 Å². The van der Waals surface area contributed by atoms with Crippen LogP contribution in [0.4, 0.5) is 0 Å². The van der Waals surface area contributed by atoms with Crippen molar-refractivity contribution in [2.75, 3.05) is 0 Å². The molecule has 0 fully saturated rings. The quantitative estimate of drug-likeness (QED) is 0.346. The zero-order chi connectivity index (χ0) is 17.8. The normalized spacial score (nSPS) is 12.3. The first kappa shape index (κ1) is 25.5. The van der Waals surface area contributed by atoms with Crippen LogP contribution < -0.4 is 24.8 Å². The second kappa shape index (κ2) is 12.2. The van der Waals surface area contributed by atoms with E-state index in [1.54, 1.807) is 0 Å². The molecule has 0 aliphatic heterocycles. The van der Waals surface area contributed by atoms with Gasteiger partial charge < -0.3 is 32.2 Å². The van der Waals surface area contributed by atoms with Crippen LogP contribution in [0.5, 0.6) is 0 Å². The van der Waals surface area contributed by atoms with Crippen LogP contribution in [-0.2, 0) is 30.7 Å². The predicted molar refractivity (Wildman–Crippen MR) is 113 cm³/mol. The molecule has 0 aromatic heterocycles. The van der Waals surface area contributed by atoms with Crippen LogP contribution in [0.15, 0.2) is 91.0 Å². The molecule has 0 atom stereocenters. The van der Waals surface area contributed by atoms with E-state index in [2.05, 4.69) is 94.7 Å². The third kappa shape index (κ3) is 5.98. The first-order valence-electron chi connectivity index (χ1n) is 8.89. The maximum absolute atomic E-state index is 3.61. The van der Waals surface area contributed by atoms with Gasteiger partial charge in [0.25, 0.3) is 0 Å². The minimum atomic E-state index is 0. The van der Waals surface area contributed by atoms with Crippen molar-refractivity contribution < 1.29 is 49.0 Å². The number of allylic oxidation sites excluding steroid dienone is 4. The van der Waals surface area contributed by atoms with Crippen molar-refractivity contribution >= 4 is 3.71 Å². The fraction of sp³-hybridized carbons (Fsp3) is 0.0769. The number of hydrogen-bond acceptors (Lipinski definition) is 0. The molecule has 3 heteroatoms. The van der Waals surface area contributed by atoms with Gasteiger partial charge in [0, 0.05) is 0 Å². The minimum absolute atomic E-state index is 0. The summed E-state index contributed by atoms with van der Waals surface area (Å²) in [6.45, 7) is 0. The molecule has 2 aliphatic rings. The Labute approximate surface area is 201 Å². The summed E-state index contributed by atoms with van der Waals surface area (Å²) in [5, 5.41) is 0. The molecule has 146 valence electrons. The van der Waals surface area contributed by atoms with E-state index >= 15 is 0 Å². The SMILES string of the molecule is [CH3-].[Cl-].[Cl-].[Zr+2]=[CH]c1ccccc1.[c-]1c(C2C=CC=C2)ccc2c1Cc1ccccc1-2. The van der Waals surface area contributed by atoms with Crippen LogP contribution in [0.2, 0.25) is 0 Å². The predicted octanol–water partition coefficient (Wildman–Crippen LogP) is 0.110. The largest absolute Gasteiger partial charge is 0.175 e. The molecule has 3 aromatic carbocycles. The molecule has 0 heterocycles. The zero-order valence-corrected chi connectivity index (χ0v) is 20.2. The third-order valence-electron chi connectivity index (χ3n) is 4.80. The fourth-order valence-electron chi connectivity index (χ4n) is 3.46. The number of benzene rings is 3. The molecule has 0 saturated heterocycles. The molecule has 0 saturated carbocycles. The third-order valence-corrected chi connectivity index (χ3v) is 5.62. The number of halogens is 2. The molecular formula is C26H22Cl2Zr-2. The summed E-state index contributed by atoms with van der Waals surface area (Å²) in [6.07, 6.45) is 9.70. The molecule has 0 unspecified atom stereocenters. The van der Waals surface area contributed by atoms with Crippen molar-refractivity contribution in [3.05, 3.63) is 127 Å². The molecule has 3 aromatic rings. The van der Waals surface area contributed by atoms with Gasteiger partial charge in [-0.25, -0.2) is 0 Å². The van der Waals surface area contributed by atoms with Gasteiger partial charge in [-0.05, 0) is 12.3 Å². The van der Waals surface area contributed by atoms with Crippen molar-refractivity contribution in [2.45, 2.75) is 12.3 Å². The summed E-state index contributed by atoms with van der Waals surface area (Å²) in [5.41, 5.74) is 8.13. The van der Waals surface area contributed by atoms with Crippen molar-refractivity contribution in [3.8, 4) is 11.1 Å². The summed E-state index contributed by atoms with van der Waals surface area (Å²) >= 11 is 1.46. The summed E-state index contributed by atoms with van der Waals surface area (Å²) in [7, 11) is 0. The first-order chi connectivity index (χ1) is 12.8. The van der Waals surface area contributed by atoms with Crippen LogP contribution in [0.3, 0.4) is 0 Å². The van der Waals surface area contributed by atoms with Gasteiger partial charge in [0.2, 0.25) is 0 Å². The number of rotatable bonds is 2. The number of hydrogen-bond donors (Lipinski definition) is 0. The minimum Gasteiger partial charge on any atom is -0.175 e. The van der Waals surface area contributed by atoms with Gasteiger partial charge >= 0.3 is 63.8 Å². The first-order valence-corrected chi connectivity index (χ1v) is 10.3. The van der Waals surface area contributed by atoms with Crippen LogP contribution >= 0.6 is 0 Å². The van der Waals surface area contributed by atoms with Crippen molar-refractivity contribution in [2.24, 2.45) is 0 Å². The molecule has 0 amide bonds. The second-order valence-corrected chi connectivity index (χ2v) is 7.20. The summed E-state index contributed by atoms with van der Waals surface area (Å²) in [4.78, 5) is 0. The van der Waals surface area contributed by atoms with E-state index in [1.807, 2.05) is 6.07 Å². The van der Waals surface area contributed by atoms with Crippen molar-refractivity contribution in [1.29, 1.82) is 0 Å². The van der Waals surface area contributed by atoms with E-state index < -0.39 is 0 Å². The molecule has 5 rings (SSSR count). The Kier molecular flexibility index (Phi) is 10.8. The van der Waals surface area contributed by atoms with Crippen LogP contribution in [0.25, 0.3) is 11.1 Å². The van der Waals surface area contributed by atoms with Gasteiger partial charge in [0.05, 0.1) is 0 Å². The molecular weight excluding hydrogens is 474 g/mol. The smallest absolute Gasteiger partial charge is 0.00217 e. The molecule has 0 nitrogen and oxygen atoms in total. The van der Waals surface area contributed by atoms with Crippen LogP contribution in [0, 0.1) is 13.5 Å². The maximum atomic E-state index is 3.61. The van der Waals surface area contributed by atoms with Gasteiger partial charge in [0.15, 0.2) is 0 Å². The summed E-state index contributed by atoms with van der Waals surface area (Å²) in [6, 6.07) is 27.1. The Morgan fingerprint density at radius 2 is 1.45 bits per heavy atom. The van der Waals surface area contributed by atoms with Gasteiger partial charge in [-0.2, -0.15) is 23.8 Å². The van der Waals surface area contributed by atoms with Gasteiger partial charge in [0.1, 0.15) is 0 Å². The standard InChI is InChI=1S/C18H13.C7H6.CH3.2ClH.Zr/c1-2-6-13(5-1)14-9-10-18-16(11-14)12-15-7-3-4-8-17(15)18;1-7-5-3-2-4-6-7;;;;/h1-10,13H,12H2;1-6H;1H3;2*1H;/q-1;;-1;;;+2/p-2. The Morgan fingerprint density at radius 1 is 0.793 bits per heavy atom. The summed E-state index contributed by atoms with van der Waals surface area (Å²) in [5.74, 6) is 0.416. The van der Waals surface area contributed by atoms with Gasteiger partial charge in [-0.1, -0.05) is 59.7 Å². The van der Waals surface area contributed by atoms with E-state index in [0.717, 1.165) is 6.42 Å². The number of fused-ring (bicyclic) bond motifs is 3. The molecule has 0 radical (unpaired) electrons. The van der Waals surface area contributed by atoms with E-state index in [4.69, 9.17) is 0 Å². The molecule has 0 bridgehead atoms. The Balaban J connectivity index is 0.000000332. The zero-order valence-electron chi connectivity index (χ0n) is 16.3. The Bertz CT molecular complexity index is 979. The molecule has 29 heavy (non-hydrogen) atoms. The second-order valence-electron chi connectivity index (χ2n) is 6.49. The molecule has 2 aliphatic carbocycles. The molecule has 0 spiro atoms. The van der Waals surface area contributed by atoms with Gasteiger partial charge in [-0.3, -0.25) is 0 Å².